The molecule has 0 atom stereocenters. The Balaban J connectivity index is 0.00000102. The lowest BCUT2D eigenvalue weighted by atomic mass is 9.93. The van der Waals surface area contributed by atoms with Gasteiger partial charge in [0.05, 0.1) is 7.11 Å². The van der Waals surface area contributed by atoms with Crippen LogP contribution in [-0.4, -0.2) is 31.1 Å². The molecule has 1 aliphatic rings. The number of benzene rings is 1. The summed E-state index contributed by atoms with van der Waals surface area (Å²) in [5.41, 5.74) is 1.36. The molecule has 0 unspecified atom stereocenters. The molecule has 0 radical (unpaired) electrons. The average molecular weight is 307 g/mol. The molecule has 3 nitrogen and oxygen atoms in total. The highest BCUT2D eigenvalue weighted by Crippen LogP contribution is 2.22. The summed E-state index contributed by atoms with van der Waals surface area (Å²) >= 11 is 0. The molecule has 1 aromatic carbocycles. The second-order valence-corrected chi connectivity index (χ2v) is 4.99. The van der Waals surface area contributed by atoms with Crippen LogP contribution >= 0.6 is 0 Å². The summed E-state index contributed by atoms with van der Waals surface area (Å²) in [5.74, 6) is 0.431. The monoisotopic (exact) mass is 307 g/mol. The van der Waals surface area contributed by atoms with Crippen molar-refractivity contribution < 1.29 is 9.53 Å². The van der Waals surface area contributed by atoms with Crippen LogP contribution in [0, 0.1) is 5.92 Å². The van der Waals surface area contributed by atoms with Crippen molar-refractivity contribution in [1.29, 1.82) is 0 Å². The number of methoxy groups -OCH3 is 1. The lowest BCUT2D eigenvalue weighted by Gasteiger charge is -2.31. The molecule has 1 aliphatic heterocycles. The van der Waals surface area contributed by atoms with Crippen LogP contribution in [0.15, 0.2) is 30.3 Å². The highest BCUT2D eigenvalue weighted by atomic mass is 16.5. The first-order valence-corrected chi connectivity index (χ1v) is 8.61. The molecule has 0 spiro atoms. The summed E-state index contributed by atoms with van der Waals surface area (Å²) in [5, 5.41) is 0. The smallest absolute Gasteiger partial charge is 0.305 e. The fraction of sp³-hybridized carbons (Fsp3) is 0.632. The van der Waals surface area contributed by atoms with Crippen LogP contribution in [0.5, 0.6) is 0 Å². The van der Waals surface area contributed by atoms with Crippen molar-refractivity contribution in [2.45, 2.75) is 53.5 Å². The normalized spacial score (nSPS) is 15.0. The number of likely N-dealkylation sites (tertiary alicyclic amines) is 1. The van der Waals surface area contributed by atoms with Crippen molar-refractivity contribution in [2.24, 2.45) is 5.92 Å². The number of piperidine rings is 1. The van der Waals surface area contributed by atoms with Crippen molar-refractivity contribution in [3.8, 4) is 0 Å². The highest BCUT2D eigenvalue weighted by molar-refractivity contribution is 5.69. The van der Waals surface area contributed by atoms with Gasteiger partial charge in [0.25, 0.3) is 0 Å². The van der Waals surface area contributed by atoms with Gasteiger partial charge in [0.15, 0.2) is 0 Å². The van der Waals surface area contributed by atoms with E-state index >= 15 is 0 Å². The van der Waals surface area contributed by atoms with Crippen LogP contribution in [0.4, 0.5) is 0 Å². The summed E-state index contributed by atoms with van der Waals surface area (Å²) in [7, 11) is 1.47. The predicted molar refractivity (Wildman–Crippen MR) is 93.8 cm³/mol. The predicted octanol–water partition coefficient (Wildman–Crippen LogP) is 4.51. The minimum absolute atomic E-state index is 0.0727. The molecule has 0 amide bonds. The average Bonchev–Trinajstić information content (AvgIpc) is 2.61. The van der Waals surface area contributed by atoms with Crippen molar-refractivity contribution in [3.05, 3.63) is 35.9 Å². The number of carbonyl (C=O) groups is 1. The first-order chi connectivity index (χ1) is 10.8. The third kappa shape index (κ3) is 8.18. The summed E-state index contributed by atoms with van der Waals surface area (Å²) in [6.45, 7) is 11.2. The second kappa shape index (κ2) is 13.3. The Labute approximate surface area is 136 Å². The molecule has 22 heavy (non-hydrogen) atoms. The molecule has 0 aromatic heterocycles. The Kier molecular flexibility index (Phi) is 12.5. The van der Waals surface area contributed by atoms with E-state index in [1.807, 2.05) is 33.8 Å². The summed E-state index contributed by atoms with van der Waals surface area (Å²) in [6, 6.07) is 10.5. The van der Waals surface area contributed by atoms with E-state index in [-0.39, 0.29) is 5.97 Å². The molecule has 0 aliphatic carbocycles. The lowest BCUT2D eigenvalue weighted by Crippen LogP contribution is -2.34. The minimum Gasteiger partial charge on any atom is -0.469 e. The molecular weight excluding hydrogens is 274 g/mol. The summed E-state index contributed by atoms with van der Waals surface area (Å²) in [6.07, 6.45) is 2.78. The SMILES string of the molecule is CC.CC.COC(=O)CC1CCN(Cc2ccccc2)CC1. The van der Waals surface area contributed by atoms with E-state index in [0.29, 0.717) is 12.3 Å². The number of carbonyl (C=O) groups excluding carboxylic acids is 1. The van der Waals surface area contributed by atoms with Crippen LogP contribution in [0.3, 0.4) is 0 Å². The first kappa shape index (κ1) is 20.6. The van der Waals surface area contributed by atoms with Crippen LogP contribution in [0.2, 0.25) is 0 Å². The number of nitrogens with zero attached hydrogens (tertiary/aromatic N) is 1. The van der Waals surface area contributed by atoms with E-state index in [4.69, 9.17) is 4.74 Å². The van der Waals surface area contributed by atoms with Gasteiger partial charge in [-0.1, -0.05) is 58.0 Å². The fourth-order valence-electron chi connectivity index (χ4n) is 2.51. The zero-order valence-electron chi connectivity index (χ0n) is 15.0. The van der Waals surface area contributed by atoms with Gasteiger partial charge < -0.3 is 4.74 Å². The largest absolute Gasteiger partial charge is 0.469 e. The minimum atomic E-state index is -0.0727. The lowest BCUT2D eigenvalue weighted by molar-refractivity contribution is -0.142. The Morgan fingerprint density at radius 3 is 2.14 bits per heavy atom. The van der Waals surface area contributed by atoms with Gasteiger partial charge in [0, 0.05) is 13.0 Å². The van der Waals surface area contributed by atoms with E-state index in [1.54, 1.807) is 0 Å². The van der Waals surface area contributed by atoms with Gasteiger partial charge in [-0.2, -0.15) is 0 Å². The van der Waals surface area contributed by atoms with Crippen molar-refractivity contribution in [3.63, 3.8) is 0 Å². The molecule has 2 rings (SSSR count). The topological polar surface area (TPSA) is 29.5 Å². The van der Waals surface area contributed by atoms with Gasteiger partial charge in [-0.3, -0.25) is 9.69 Å². The summed E-state index contributed by atoms with van der Waals surface area (Å²) in [4.78, 5) is 13.7. The molecule has 0 N–H and O–H groups in total. The first-order valence-electron chi connectivity index (χ1n) is 8.61. The Hall–Kier alpha value is -1.35. The van der Waals surface area contributed by atoms with Gasteiger partial charge >= 0.3 is 5.97 Å². The zero-order valence-corrected chi connectivity index (χ0v) is 15.0. The second-order valence-electron chi connectivity index (χ2n) is 4.99. The molecular formula is C19H33NO2. The molecule has 0 bridgehead atoms. The highest BCUT2D eigenvalue weighted by Gasteiger charge is 2.21. The number of ether oxygens (including phenoxy) is 1. The maximum absolute atomic E-state index is 11.2. The van der Waals surface area contributed by atoms with Gasteiger partial charge in [0.1, 0.15) is 0 Å². The van der Waals surface area contributed by atoms with Crippen molar-refractivity contribution in [2.75, 3.05) is 20.2 Å². The van der Waals surface area contributed by atoms with Crippen molar-refractivity contribution >= 4 is 5.97 Å². The van der Waals surface area contributed by atoms with Crippen molar-refractivity contribution in [1.82, 2.24) is 4.90 Å². The van der Waals surface area contributed by atoms with Gasteiger partial charge in [-0.05, 0) is 37.4 Å². The molecule has 1 saturated heterocycles. The molecule has 1 aromatic rings. The Morgan fingerprint density at radius 1 is 1.09 bits per heavy atom. The number of hydrogen-bond donors (Lipinski definition) is 0. The quantitative estimate of drug-likeness (QED) is 0.766. The van der Waals surface area contributed by atoms with E-state index in [2.05, 4.69) is 29.2 Å². The number of rotatable bonds is 4. The molecule has 1 fully saturated rings. The maximum Gasteiger partial charge on any atom is 0.305 e. The van der Waals surface area contributed by atoms with Gasteiger partial charge in [-0.25, -0.2) is 0 Å². The van der Waals surface area contributed by atoms with E-state index in [1.165, 1.54) is 12.7 Å². The van der Waals surface area contributed by atoms with E-state index < -0.39 is 0 Å². The van der Waals surface area contributed by atoms with Gasteiger partial charge in [-0.15, -0.1) is 0 Å². The fourth-order valence-corrected chi connectivity index (χ4v) is 2.51. The van der Waals surface area contributed by atoms with Gasteiger partial charge in [0.2, 0.25) is 0 Å². The molecule has 3 heteroatoms. The maximum atomic E-state index is 11.2. The third-order valence-corrected chi connectivity index (χ3v) is 3.64. The Morgan fingerprint density at radius 2 is 1.64 bits per heavy atom. The molecule has 126 valence electrons. The molecule has 1 heterocycles. The van der Waals surface area contributed by atoms with Crippen LogP contribution in [0.1, 0.15) is 52.5 Å². The third-order valence-electron chi connectivity index (χ3n) is 3.64. The van der Waals surface area contributed by atoms with Crippen LogP contribution in [0.25, 0.3) is 0 Å². The van der Waals surface area contributed by atoms with E-state index in [9.17, 15) is 4.79 Å². The Bertz CT molecular complexity index is 370. The van der Waals surface area contributed by atoms with Crippen LogP contribution < -0.4 is 0 Å². The number of esters is 1. The zero-order chi connectivity index (χ0) is 16.8. The molecule has 0 saturated carbocycles. The standard InChI is InChI=1S/C15H21NO2.2C2H6/c1-18-15(17)11-13-7-9-16(10-8-13)12-14-5-3-2-4-6-14;2*1-2/h2-6,13H,7-12H2,1H3;2*1-2H3. The summed E-state index contributed by atoms with van der Waals surface area (Å²) < 4.78 is 4.72. The van der Waals surface area contributed by atoms with Crippen LogP contribution in [-0.2, 0) is 16.1 Å². The van der Waals surface area contributed by atoms with E-state index in [0.717, 1.165) is 32.5 Å². The number of hydrogen-bond acceptors (Lipinski definition) is 3.